The molecule has 0 amide bonds. The molecule has 4 bridgehead atoms. The van der Waals surface area contributed by atoms with Gasteiger partial charge in [0.15, 0.2) is 11.6 Å². The van der Waals surface area contributed by atoms with Crippen LogP contribution >= 0.6 is 0 Å². The number of esters is 2. The van der Waals surface area contributed by atoms with Crippen molar-refractivity contribution >= 4 is 29.3 Å². The highest BCUT2D eigenvalue weighted by Gasteiger charge is 2.80. The van der Waals surface area contributed by atoms with Crippen LogP contribution in [0.1, 0.15) is 60.8 Å². The number of rotatable bonds is 5. The Labute approximate surface area is 176 Å². The van der Waals surface area contributed by atoms with Crippen molar-refractivity contribution in [2.75, 3.05) is 6.61 Å². The van der Waals surface area contributed by atoms with Crippen LogP contribution in [0, 0.1) is 28.1 Å². The molecule has 4 rings (SSSR count). The van der Waals surface area contributed by atoms with E-state index in [1.165, 1.54) is 0 Å². The van der Waals surface area contributed by atoms with Gasteiger partial charge in [0.1, 0.15) is 16.8 Å². The summed E-state index contributed by atoms with van der Waals surface area (Å²) >= 11 is 0. The predicted octanol–water partition coefficient (Wildman–Crippen LogP) is 2.60. The van der Waals surface area contributed by atoms with Crippen molar-refractivity contribution in [3.8, 4) is 0 Å². The maximum Gasteiger partial charge on any atom is 0.333 e. The minimum atomic E-state index is -1.63. The van der Waals surface area contributed by atoms with Crippen LogP contribution in [-0.4, -0.2) is 41.5 Å². The summed E-state index contributed by atoms with van der Waals surface area (Å²) in [4.78, 5) is 66.0. The van der Waals surface area contributed by atoms with Gasteiger partial charge < -0.3 is 9.47 Å². The molecule has 0 aromatic heterocycles. The smallest absolute Gasteiger partial charge is 0.333 e. The third-order valence-electron chi connectivity index (χ3n) is 7.04. The summed E-state index contributed by atoms with van der Waals surface area (Å²) in [6.45, 7) is 13.8. The van der Waals surface area contributed by atoms with E-state index in [0.29, 0.717) is 0 Å². The monoisotopic (exact) mass is 418 g/mol. The highest BCUT2D eigenvalue weighted by molar-refractivity contribution is 6.28. The summed E-state index contributed by atoms with van der Waals surface area (Å²) in [5.41, 5.74) is -5.19. The fourth-order valence-corrected chi connectivity index (χ4v) is 5.72. The normalized spacial score (nSPS) is 34.1. The lowest BCUT2D eigenvalue weighted by molar-refractivity contribution is -0.206. The molecule has 0 saturated heterocycles. The van der Waals surface area contributed by atoms with E-state index in [9.17, 15) is 24.0 Å². The number of carbonyl (C=O) groups is 5. The summed E-state index contributed by atoms with van der Waals surface area (Å²) in [6, 6.07) is 0. The van der Waals surface area contributed by atoms with Gasteiger partial charge in [0.2, 0.25) is 0 Å². The Morgan fingerprint density at radius 2 is 1.73 bits per heavy atom. The molecular weight excluding hydrogens is 388 g/mol. The van der Waals surface area contributed by atoms with Gasteiger partial charge in [-0.2, -0.15) is 0 Å². The van der Waals surface area contributed by atoms with E-state index >= 15 is 0 Å². The molecule has 0 unspecified atom stereocenters. The number of hydrogen-bond acceptors (Lipinski definition) is 7. The molecule has 4 aliphatic rings. The zero-order valence-electron chi connectivity index (χ0n) is 18.5. The first-order valence-electron chi connectivity index (χ1n) is 10.4. The highest BCUT2D eigenvalue weighted by Crippen LogP contribution is 2.69. The Hall–Kier alpha value is -2.31. The van der Waals surface area contributed by atoms with Gasteiger partial charge in [-0.05, 0) is 47.0 Å². The van der Waals surface area contributed by atoms with Gasteiger partial charge in [-0.15, -0.1) is 0 Å². The van der Waals surface area contributed by atoms with Gasteiger partial charge >= 0.3 is 11.9 Å². The van der Waals surface area contributed by atoms with Crippen molar-refractivity contribution in [1.29, 1.82) is 0 Å². The van der Waals surface area contributed by atoms with Crippen LogP contribution in [0.2, 0.25) is 0 Å². The summed E-state index contributed by atoms with van der Waals surface area (Å²) < 4.78 is 10.6. The van der Waals surface area contributed by atoms with Gasteiger partial charge in [-0.3, -0.25) is 19.2 Å². The Balaban J connectivity index is 2.08. The molecular formula is C23H30O7. The van der Waals surface area contributed by atoms with Crippen molar-refractivity contribution in [3.63, 3.8) is 0 Å². The van der Waals surface area contributed by atoms with E-state index in [1.807, 2.05) is 0 Å². The first-order chi connectivity index (χ1) is 13.7. The van der Waals surface area contributed by atoms with Crippen LogP contribution in [0.3, 0.4) is 0 Å². The molecule has 164 valence electrons. The zero-order chi connectivity index (χ0) is 22.9. The number of hydrogen-bond donors (Lipinski definition) is 0. The van der Waals surface area contributed by atoms with Gasteiger partial charge in [-0.25, -0.2) is 4.79 Å². The lowest BCUT2D eigenvalue weighted by Crippen LogP contribution is -2.76. The van der Waals surface area contributed by atoms with E-state index in [4.69, 9.17) is 9.47 Å². The van der Waals surface area contributed by atoms with Gasteiger partial charge in [0.05, 0.1) is 17.9 Å². The minimum absolute atomic E-state index is 0.000940. The lowest BCUT2D eigenvalue weighted by atomic mass is 9.34. The molecule has 0 heterocycles. The molecule has 30 heavy (non-hydrogen) atoms. The Kier molecular flexibility index (Phi) is 4.92. The van der Waals surface area contributed by atoms with E-state index in [-0.39, 0.29) is 37.2 Å². The van der Waals surface area contributed by atoms with E-state index in [0.717, 1.165) is 0 Å². The van der Waals surface area contributed by atoms with Crippen LogP contribution in [-0.2, 0) is 33.4 Å². The van der Waals surface area contributed by atoms with Crippen LogP contribution in [0.25, 0.3) is 0 Å². The minimum Gasteiger partial charge on any atom is -0.465 e. The van der Waals surface area contributed by atoms with Gasteiger partial charge in [-0.1, -0.05) is 20.4 Å². The van der Waals surface area contributed by atoms with Crippen LogP contribution in [0.15, 0.2) is 12.2 Å². The van der Waals surface area contributed by atoms with Crippen molar-refractivity contribution in [2.24, 2.45) is 28.1 Å². The maximum absolute atomic E-state index is 13.9. The Morgan fingerprint density at radius 1 is 1.13 bits per heavy atom. The fraction of sp³-hybridized carbons (Fsp3) is 0.696. The number of ether oxygens (including phenoxy) is 2. The fourth-order valence-electron chi connectivity index (χ4n) is 5.72. The van der Waals surface area contributed by atoms with Crippen molar-refractivity contribution in [3.05, 3.63) is 12.2 Å². The standard InChI is InChI=1S/C23H30O7/c1-8-29-19(28)23-11-13-10-22(18(23)27,9-12(2)17(26)30-20(3,4)5)16(25)14(15(13)24)21(23,6)7/h13-14H,2,8-11H2,1,3-7H3/t13-,14+,22-,23-/m1/s1. The molecule has 4 saturated carbocycles. The molecule has 7 heteroatoms. The second-order valence-corrected chi connectivity index (χ2v) is 10.3. The van der Waals surface area contributed by atoms with Crippen LogP contribution in [0.5, 0.6) is 0 Å². The second-order valence-electron chi connectivity index (χ2n) is 10.3. The van der Waals surface area contributed by atoms with Crippen molar-refractivity contribution in [1.82, 2.24) is 0 Å². The Morgan fingerprint density at radius 3 is 2.27 bits per heavy atom. The molecule has 4 aliphatic carbocycles. The molecule has 0 N–H and O–H groups in total. The van der Waals surface area contributed by atoms with E-state index in [1.54, 1.807) is 41.5 Å². The highest BCUT2D eigenvalue weighted by atomic mass is 16.6. The Bertz CT molecular complexity index is 874. The summed E-state index contributed by atoms with van der Waals surface area (Å²) in [5.74, 6) is -4.36. The zero-order valence-corrected chi connectivity index (χ0v) is 18.5. The molecule has 0 spiro atoms. The average Bonchev–Trinajstić information content (AvgIpc) is 2.59. The van der Waals surface area contributed by atoms with Gasteiger partial charge in [0.25, 0.3) is 0 Å². The summed E-state index contributed by atoms with van der Waals surface area (Å²) in [6.07, 6.45) is -0.211. The maximum atomic E-state index is 13.9. The van der Waals surface area contributed by atoms with Crippen molar-refractivity contribution < 1.29 is 33.4 Å². The third-order valence-corrected chi connectivity index (χ3v) is 7.04. The number of carbonyl (C=O) groups excluding carboxylic acids is 5. The summed E-state index contributed by atoms with van der Waals surface area (Å²) in [5, 5.41) is 0. The molecule has 4 fully saturated rings. The molecule has 7 nitrogen and oxygen atoms in total. The molecule has 4 atom stereocenters. The second kappa shape index (κ2) is 6.59. The summed E-state index contributed by atoms with van der Waals surface area (Å²) in [7, 11) is 0. The first-order valence-corrected chi connectivity index (χ1v) is 10.4. The lowest BCUT2D eigenvalue weighted by Gasteiger charge is -2.64. The number of ketones is 3. The van der Waals surface area contributed by atoms with Crippen LogP contribution in [0.4, 0.5) is 0 Å². The predicted molar refractivity (Wildman–Crippen MR) is 106 cm³/mol. The number of Topliss-reactive ketones (excluding diaryl/α,β-unsaturated/α-hetero) is 3. The molecule has 0 radical (unpaired) electrons. The average molecular weight is 418 g/mol. The quantitative estimate of drug-likeness (QED) is 0.384. The molecule has 0 aliphatic heterocycles. The topological polar surface area (TPSA) is 104 Å². The van der Waals surface area contributed by atoms with E-state index < -0.39 is 57.2 Å². The molecule has 0 aromatic carbocycles. The van der Waals surface area contributed by atoms with Gasteiger partial charge in [0, 0.05) is 16.9 Å². The van der Waals surface area contributed by atoms with E-state index in [2.05, 4.69) is 6.58 Å². The SMILES string of the molecule is C=C(C[C@]12C[C@@H]3C[C@](C(=O)OCC)(C1=O)C(C)(C)[C@@H](C3=O)C2=O)C(=O)OC(C)(C)C. The molecule has 0 aromatic rings. The van der Waals surface area contributed by atoms with Crippen LogP contribution < -0.4 is 0 Å². The largest absolute Gasteiger partial charge is 0.465 e. The third kappa shape index (κ3) is 2.73. The first kappa shape index (κ1) is 22.4. The van der Waals surface area contributed by atoms with Crippen molar-refractivity contribution in [2.45, 2.75) is 66.4 Å².